The van der Waals surface area contributed by atoms with Gasteiger partial charge >= 0.3 is 0 Å². The minimum atomic E-state index is -0.135. The molecule has 0 spiro atoms. The number of aromatic nitrogens is 4. The Balaban J connectivity index is 1.13. The van der Waals surface area contributed by atoms with Gasteiger partial charge in [-0.1, -0.05) is 25.7 Å². The van der Waals surface area contributed by atoms with Crippen LogP contribution in [0.2, 0.25) is 0 Å². The molecule has 7 rings (SSSR count). The Bertz CT molecular complexity index is 1340. The van der Waals surface area contributed by atoms with Crippen molar-refractivity contribution in [2.75, 3.05) is 0 Å². The van der Waals surface area contributed by atoms with Gasteiger partial charge in [-0.3, -0.25) is 0 Å². The first-order chi connectivity index (χ1) is 22.3. The SMILES string of the molecule is CC1(C)c2ccc([nH]2)CN[C@@H]2CCCC[C@H]2NCc2ccc([nH]2)C(C)(C)c2ccc([nH]2)CN[C@@H]2CCCC[C@H]2NCc2ccc1[nH]2. The summed E-state index contributed by atoms with van der Waals surface area (Å²) >= 11 is 0. The molecule has 0 amide bonds. The molecule has 2 aliphatic carbocycles. The lowest BCUT2D eigenvalue weighted by molar-refractivity contribution is 0.279. The molecule has 248 valence electrons. The molecule has 1 aliphatic heterocycles. The molecule has 0 unspecified atom stereocenters. The van der Waals surface area contributed by atoms with Crippen LogP contribution in [-0.4, -0.2) is 44.1 Å². The third-order valence-electron chi connectivity index (χ3n) is 11.4. The number of hydrogen-bond acceptors (Lipinski definition) is 4. The highest BCUT2D eigenvalue weighted by Crippen LogP contribution is 2.32. The first-order valence-corrected chi connectivity index (χ1v) is 17.9. The average Bonchev–Trinajstić information content (AvgIpc) is 3.89. The van der Waals surface area contributed by atoms with E-state index >= 15 is 0 Å². The molecular formula is C38H56N8. The molecule has 5 heterocycles. The van der Waals surface area contributed by atoms with Crippen molar-refractivity contribution >= 4 is 0 Å². The van der Waals surface area contributed by atoms with Crippen LogP contribution in [0.5, 0.6) is 0 Å². The topological polar surface area (TPSA) is 111 Å². The minimum Gasteiger partial charge on any atom is -0.360 e. The van der Waals surface area contributed by atoms with Gasteiger partial charge in [-0.05, 0) is 102 Å². The van der Waals surface area contributed by atoms with Crippen LogP contribution in [-0.2, 0) is 37.0 Å². The van der Waals surface area contributed by atoms with Crippen molar-refractivity contribution in [1.29, 1.82) is 0 Å². The first-order valence-electron chi connectivity index (χ1n) is 17.9. The van der Waals surface area contributed by atoms with Gasteiger partial charge in [-0.25, -0.2) is 0 Å². The van der Waals surface area contributed by atoms with Gasteiger partial charge in [-0.15, -0.1) is 0 Å². The Morgan fingerprint density at radius 3 is 0.870 bits per heavy atom. The van der Waals surface area contributed by atoms with Gasteiger partial charge in [0.2, 0.25) is 0 Å². The van der Waals surface area contributed by atoms with Crippen LogP contribution in [0.1, 0.15) is 125 Å². The zero-order chi connectivity index (χ0) is 31.7. The number of aromatic amines is 4. The van der Waals surface area contributed by atoms with Crippen molar-refractivity contribution in [3.8, 4) is 0 Å². The molecule has 0 radical (unpaired) electrons. The second kappa shape index (κ2) is 13.2. The van der Waals surface area contributed by atoms with Crippen molar-refractivity contribution in [3.63, 3.8) is 0 Å². The quantitative estimate of drug-likeness (QED) is 0.117. The highest BCUT2D eigenvalue weighted by Gasteiger charge is 2.30. The molecule has 8 N–H and O–H groups in total. The molecule has 4 atom stereocenters. The summed E-state index contributed by atoms with van der Waals surface area (Å²) in [5.41, 5.74) is 9.74. The lowest BCUT2D eigenvalue weighted by Crippen LogP contribution is -2.49. The van der Waals surface area contributed by atoms with E-state index in [1.165, 1.54) is 96.9 Å². The molecule has 8 heteroatoms. The summed E-state index contributed by atoms with van der Waals surface area (Å²) in [6, 6.07) is 20.0. The summed E-state index contributed by atoms with van der Waals surface area (Å²) in [4.78, 5) is 15.1. The van der Waals surface area contributed by atoms with Crippen LogP contribution in [0.15, 0.2) is 48.5 Å². The van der Waals surface area contributed by atoms with Gasteiger partial charge in [0.05, 0.1) is 0 Å². The number of fused-ring (bicyclic) bond motifs is 10. The molecule has 8 bridgehead atoms. The lowest BCUT2D eigenvalue weighted by Gasteiger charge is -2.33. The largest absolute Gasteiger partial charge is 0.360 e. The van der Waals surface area contributed by atoms with E-state index in [0.29, 0.717) is 24.2 Å². The Morgan fingerprint density at radius 1 is 0.391 bits per heavy atom. The Hall–Kier alpha value is -3.04. The van der Waals surface area contributed by atoms with E-state index in [0.717, 1.165) is 26.2 Å². The number of hydrogen-bond donors (Lipinski definition) is 8. The third kappa shape index (κ3) is 6.68. The molecule has 2 fully saturated rings. The maximum Gasteiger partial charge on any atom is 0.0447 e. The molecule has 46 heavy (non-hydrogen) atoms. The molecule has 3 aliphatic rings. The van der Waals surface area contributed by atoms with E-state index in [2.05, 4.69) is 117 Å². The Morgan fingerprint density at radius 2 is 0.630 bits per heavy atom. The summed E-state index contributed by atoms with van der Waals surface area (Å²) in [7, 11) is 0. The van der Waals surface area contributed by atoms with E-state index in [9.17, 15) is 0 Å². The molecule has 2 saturated carbocycles. The van der Waals surface area contributed by atoms with Crippen LogP contribution in [0.4, 0.5) is 0 Å². The predicted octanol–water partition coefficient (Wildman–Crippen LogP) is 6.35. The first kappa shape index (κ1) is 31.6. The Labute approximate surface area is 275 Å². The smallest absolute Gasteiger partial charge is 0.0447 e. The number of H-pyrrole nitrogens is 4. The van der Waals surface area contributed by atoms with Crippen molar-refractivity contribution < 1.29 is 0 Å². The van der Waals surface area contributed by atoms with Crippen LogP contribution in [0.3, 0.4) is 0 Å². The lowest BCUT2D eigenvalue weighted by atomic mass is 9.86. The standard InChI is InChI=1S/C38H56N8/c1-37(2)33-17-13-25(43-33)21-39-29-9-5-7-11-31(29)41-23-27-15-19-35(45-27)38(3,4)36-20-16-28(46-36)24-42-32-12-8-6-10-30(32)40-22-26-14-18-34(37)44-26/h13-20,29-32,39-46H,5-12,21-24H2,1-4H3/t29-,30-,31-,32-/m1/s1. The summed E-state index contributed by atoms with van der Waals surface area (Å²) in [6.07, 6.45) is 10.0. The normalized spacial score (nSPS) is 27.4. The fraction of sp³-hybridized carbons (Fsp3) is 0.579. The van der Waals surface area contributed by atoms with Crippen molar-refractivity contribution in [1.82, 2.24) is 41.2 Å². The molecule has 0 saturated heterocycles. The molecule has 0 aromatic carbocycles. The third-order valence-corrected chi connectivity index (χ3v) is 11.4. The van der Waals surface area contributed by atoms with Crippen LogP contribution < -0.4 is 21.3 Å². The van der Waals surface area contributed by atoms with Gasteiger partial charge in [0, 0.05) is 107 Å². The maximum atomic E-state index is 3.91. The second-order valence-electron chi connectivity index (χ2n) is 15.4. The summed E-state index contributed by atoms with van der Waals surface area (Å²) in [5, 5.41) is 15.7. The summed E-state index contributed by atoms with van der Waals surface area (Å²) in [5.74, 6) is 0. The minimum absolute atomic E-state index is 0.135. The Kier molecular flexibility index (Phi) is 9.07. The van der Waals surface area contributed by atoms with E-state index in [4.69, 9.17) is 0 Å². The maximum absolute atomic E-state index is 3.91. The van der Waals surface area contributed by atoms with Crippen molar-refractivity contribution in [3.05, 3.63) is 94.1 Å². The number of rotatable bonds is 0. The van der Waals surface area contributed by atoms with E-state index in [1.54, 1.807) is 0 Å². The number of nitrogens with one attached hydrogen (secondary N) is 8. The van der Waals surface area contributed by atoms with Crippen molar-refractivity contribution in [2.24, 2.45) is 0 Å². The highest BCUT2D eigenvalue weighted by molar-refractivity contribution is 5.34. The van der Waals surface area contributed by atoms with E-state index < -0.39 is 0 Å². The van der Waals surface area contributed by atoms with E-state index in [1.807, 2.05) is 0 Å². The zero-order valence-electron chi connectivity index (χ0n) is 28.4. The van der Waals surface area contributed by atoms with Gasteiger partial charge in [0.25, 0.3) is 0 Å². The fourth-order valence-electron chi connectivity index (χ4n) is 8.13. The monoisotopic (exact) mass is 624 g/mol. The highest BCUT2D eigenvalue weighted by atomic mass is 15.1. The second-order valence-corrected chi connectivity index (χ2v) is 15.4. The molecule has 4 aromatic rings. The fourth-order valence-corrected chi connectivity index (χ4v) is 8.13. The van der Waals surface area contributed by atoms with Crippen LogP contribution in [0, 0.1) is 0 Å². The molecule has 8 nitrogen and oxygen atoms in total. The molecular weight excluding hydrogens is 568 g/mol. The zero-order valence-corrected chi connectivity index (χ0v) is 28.4. The predicted molar refractivity (Wildman–Crippen MR) is 187 cm³/mol. The van der Waals surface area contributed by atoms with Crippen LogP contribution >= 0.6 is 0 Å². The summed E-state index contributed by atoms with van der Waals surface area (Å²) < 4.78 is 0. The van der Waals surface area contributed by atoms with Gasteiger partial charge in [0.1, 0.15) is 0 Å². The van der Waals surface area contributed by atoms with Gasteiger partial charge in [-0.2, -0.15) is 0 Å². The average molecular weight is 625 g/mol. The van der Waals surface area contributed by atoms with Crippen molar-refractivity contribution in [2.45, 2.75) is 140 Å². The van der Waals surface area contributed by atoms with Gasteiger partial charge in [0.15, 0.2) is 0 Å². The molecule has 4 aromatic heterocycles. The van der Waals surface area contributed by atoms with Crippen LogP contribution in [0.25, 0.3) is 0 Å². The van der Waals surface area contributed by atoms with Gasteiger partial charge < -0.3 is 41.2 Å². The van der Waals surface area contributed by atoms with E-state index in [-0.39, 0.29) is 10.8 Å². The summed E-state index contributed by atoms with van der Waals surface area (Å²) in [6.45, 7) is 12.7.